The van der Waals surface area contributed by atoms with Crippen LogP contribution in [0.2, 0.25) is 0 Å². The van der Waals surface area contributed by atoms with Gasteiger partial charge < -0.3 is 0 Å². The monoisotopic (exact) mass is 300 g/mol. The zero-order valence-corrected chi connectivity index (χ0v) is 12.6. The van der Waals surface area contributed by atoms with Crippen molar-refractivity contribution in [3.8, 4) is 0 Å². The largest absolute Gasteiger partial charge is 0.273 e. The summed E-state index contributed by atoms with van der Waals surface area (Å²) in [6.07, 6.45) is 6.72. The van der Waals surface area contributed by atoms with E-state index in [2.05, 4.69) is 10.5 Å². The van der Waals surface area contributed by atoms with Crippen LogP contribution in [-0.4, -0.2) is 11.6 Å². The summed E-state index contributed by atoms with van der Waals surface area (Å²) in [5.41, 5.74) is 4.77. The third-order valence-electron chi connectivity index (χ3n) is 5.56. The molecule has 4 saturated carbocycles. The van der Waals surface area contributed by atoms with Crippen molar-refractivity contribution in [2.75, 3.05) is 0 Å². The van der Waals surface area contributed by atoms with Crippen molar-refractivity contribution in [2.24, 2.45) is 28.8 Å². The summed E-state index contributed by atoms with van der Waals surface area (Å²) in [5.74, 6) is 2.60. The minimum atomic E-state index is -0.280. The van der Waals surface area contributed by atoms with E-state index in [-0.39, 0.29) is 18.1 Å². The molecule has 4 fully saturated rings. The smallest absolute Gasteiger partial charge is 0.244 e. The number of hydrogen-bond donors (Lipinski definition) is 1. The van der Waals surface area contributed by atoms with E-state index in [1.807, 2.05) is 0 Å². The van der Waals surface area contributed by atoms with Crippen LogP contribution in [0.5, 0.6) is 0 Å². The highest BCUT2D eigenvalue weighted by Gasteiger charge is 2.46. The van der Waals surface area contributed by atoms with Gasteiger partial charge in [0.05, 0.1) is 6.42 Å². The van der Waals surface area contributed by atoms with Crippen LogP contribution < -0.4 is 5.43 Å². The van der Waals surface area contributed by atoms with E-state index in [1.165, 1.54) is 49.9 Å². The van der Waals surface area contributed by atoms with Gasteiger partial charge in [-0.25, -0.2) is 9.82 Å². The molecule has 4 aliphatic rings. The van der Waals surface area contributed by atoms with Gasteiger partial charge in [0.25, 0.3) is 0 Å². The van der Waals surface area contributed by atoms with Crippen LogP contribution in [-0.2, 0) is 11.2 Å². The number of hydrazone groups is 1. The molecule has 0 radical (unpaired) electrons. The molecule has 4 aliphatic carbocycles. The van der Waals surface area contributed by atoms with E-state index in [9.17, 15) is 9.18 Å². The van der Waals surface area contributed by atoms with Gasteiger partial charge in [-0.3, -0.25) is 4.79 Å². The molecule has 116 valence electrons. The Labute approximate surface area is 130 Å². The van der Waals surface area contributed by atoms with E-state index in [4.69, 9.17) is 0 Å². The number of halogens is 1. The van der Waals surface area contributed by atoms with Crippen LogP contribution in [0, 0.1) is 29.5 Å². The van der Waals surface area contributed by atoms with E-state index in [1.54, 1.807) is 12.1 Å². The predicted octanol–water partition coefficient (Wildman–Crippen LogP) is 3.30. The van der Waals surface area contributed by atoms with Crippen LogP contribution in [0.25, 0.3) is 0 Å². The normalized spacial score (nSPS) is 32.1. The highest BCUT2D eigenvalue weighted by atomic mass is 19.1. The molecule has 0 unspecified atom stereocenters. The number of carbonyl (C=O) groups excluding carboxylic acids is 1. The third kappa shape index (κ3) is 2.67. The lowest BCUT2D eigenvalue weighted by Crippen LogP contribution is -2.46. The van der Waals surface area contributed by atoms with Crippen LogP contribution in [0.4, 0.5) is 4.39 Å². The molecule has 5 rings (SSSR count). The lowest BCUT2D eigenvalue weighted by molar-refractivity contribution is -0.120. The van der Waals surface area contributed by atoms with Crippen LogP contribution in [0.15, 0.2) is 29.4 Å². The zero-order chi connectivity index (χ0) is 15.1. The Balaban J connectivity index is 1.39. The maximum atomic E-state index is 12.9. The summed E-state index contributed by atoms with van der Waals surface area (Å²) >= 11 is 0. The number of hydrogen-bond acceptors (Lipinski definition) is 2. The first-order valence-electron chi connectivity index (χ1n) is 8.28. The first-order valence-corrected chi connectivity index (χ1v) is 8.28. The highest BCUT2D eigenvalue weighted by molar-refractivity contribution is 5.92. The second kappa shape index (κ2) is 5.49. The SMILES string of the molecule is O=C(Cc1ccc(F)cc1)NN=C1C2CC3CC(C2)CC1C3. The molecule has 0 saturated heterocycles. The predicted molar refractivity (Wildman–Crippen MR) is 82.7 cm³/mol. The fourth-order valence-electron chi connectivity index (χ4n) is 4.80. The molecule has 22 heavy (non-hydrogen) atoms. The number of benzene rings is 1. The van der Waals surface area contributed by atoms with Crippen LogP contribution in [0.1, 0.15) is 37.7 Å². The number of nitrogens with zero attached hydrogens (tertiary/aromatic N) is 1. The Kier molecular flexibility index (Phi) is 3.47. The lowest BCUT2D eigenvalue weighted by atomic mass is 9.55. The molecule has 4 heteroatoms. The van der Waals surface area contributed by atoms with E-state index < -0.39 is 0 Å². The van der Waals surface area contributed by atoms with Crippen LogP contribution >= 0.6 is 0 Å². The minimum absolute atomic E-state index is 0.118. The number of carbonyl (C=O) groups is 1. The summed E-state index contributed by atoms with van der Waals surface area (Å²) in [5, 5.41) is 4.48. The Morgan fingerprint density at radius 1 is 1.05 bits per heavy atom. The standard InChI is InChI=1S/C18H21FN2O/c19-16-3-1-11(2-4-16)10-17(22)20-21-18-14-6-12-5-13(8-14)9-15(18)7-12/h1-4,12-15H,5-10H2,(H,20,22). The van der Waals surface area contributed by atoms with Gasteiger partial charge in [-0.05, 0) is 73.5 Å². The van der Waals surface area contributed by atoms with Gasteiger partial charge in [-0.1, -0.05) is 12.1 Å². The molecule has 0 aromatic heterocycles. The van der Waals surface area contributed by atoms with Crippen molar-refractivity contribution >= 4 is 11.6 Å². The van der Waals surface area contributed by atoms with Gasteiger partial charge in [0.1, 0.15) is 5.82 Å². The second-order valence-electron chi connectivity index (χ2n) is 7.18. The maximum Gasteiger partial charge on any atom is 0.244 e. The van der Waals surface area contributed by atoms with Crippen molar-refractivity contribution < 1.29 is 9.18 Å². The van der Waals surface area contributed by atoms with Crippen molar-refractivity contribution in [3.05, 3.63) is 35.6 Å². The minimum Gasteiger partial charge on any atom is -0.273 e. The fraction of sp³-hybridized carbons (Fsp3) is 0.556. The second-order valence-corrected chi connectivity index (χ2v) is 7.18. The fourth-order valence-corrected chi connectivity index (χ4v) is 4.80. The van der Waals surface area contributed by atoms with Crippen molar-refractivity contribution in [3.63, 3.8) is 0 Å². The highest BCUT2D eigenvalue weighted by Crippen LogP contribution is 2.52. The van der Waals surface area contributed by atoms with Crippen molar-refractivity contribution in [2.45, 2.75) is 38.5 Å². The molecule has 3 nitrogen and oxygen atoms in total. The molecule has 0 atom stereocenters. The summed E-state index contributed by atoms with van der Waals surface area (Å²) in [7, 11) is 0. The summed E-state index contributed by atoms with van der Waals surface area (Å²) in [4.78, 5) is 12.0. The summed E-state index contributed by atoms with van der Waals surface area (Å²) in [6.45, 7) is 0. The zero-order valence-electron chi connectivity index (χ0n) is 12.6. The third-order valence-corrected chi connectivity index (χ3v) is 5.56. The van der Waals surface area contributed by atoms with E-state index >= 15 is 0 Å². The Morgan fingerprint density at radius 3 is 2.23 bits per heavy atom. The molecule has 4 bridgehead atoms. The van der Waals surface area contributed by atoms with Gasteiger partial charge >= 0.3 is 0 Å². The molecular formula is C18H21FN2O. The summed E-state index contributed by atoms with van der Waals surface area (Å²) in [6, 6.07) is 6.05. The Morgan fingerprint density at radius 2 is 1.64 bits per heavy atom. The van der Waals surface area contributed by atoms with Gasteiger partial charge in [0, 0.05) is 5.71 Å². The quantitative estimate of drug-likeness (QED) is 0.855. The molecule has 0 aliphatic heterocycles. The average molecular weight is 300 g/mol. The molecule has 0 heterocycles. The first kappa shape index (κ1) is 13.9. The van der Waals surface area contributed by atoms with E-state index in [0.717, 1.165) is 17.4 Å². The number of amides is 1. The summed E-state index contributed by atoms with van der Waals surface area (Å²) < 4.78 is 12.9. The van der Waals surface area contributed by atoms with Crippen LogP contribution in [0.3, 0.4) is 0 Å². The van der Waals surface area contributed by atoms with Crippen molar-refractivity contribution in [1.82, 2.24) is 5.43 Å². The molecule has 1 aromatic carbocycles. The average Bonchev–Trinajstić information content (AvgIpc) is 2.48. The van der Waals surface area contributed by atoms with Gasteiger partial charge in [0.2, 0.25) is 5.91 Å². The Bertz CT molecular complexity index is 578. The number of rotatable bonds is 3. The van der Waals surface area contributed by atoms with Gasteiger partial charge in [-0.15, -0.1) is 0 Å². The molecule has 1 aromatic rings. The maximum absolute atomic E-state index is 12.9. The van der Waals surface area contributed by atoms with Gasteiger partial charge in [0.15, 0.2) is 0 Å². The molecule has 1 N–H and O–H groups in total. The molecular weight excluding hydrogens is 279 g/mol. The first-order chi connectivity index (χ1) is 10.7. The molecule has 1 amide bonds. The van der Waals surface area contributed by atoms with Gasteiger partial charge in [-0.2, -0.15) is 5.10 Å². The molecule has 0 spiro atoms. The van der Waals surface area contributed by atoms with Crippen molar-refractivity contribution in [1.29, 1.82) is 0 Å². The number of nitrogens with one attached hydrogen (secondary N) is 1. The Hall–Kier alpha value is -1.71. The van der Waals surface area contributed by atoms with E-state index in [0.29, 0.717) is 11.8 Å². The lowest BCUT2D eigenvalue weighted by Gasteiger charge is -2.50. The topological polar surface area (TPSA) is 41.5 Å².